The number of hydrogen-bond acceptors (Lipinski definition) is 4. The molecular formula is C16H28ClN3O3S. The zero-order chi connectivity index (χ0) is 17.8. The summed E-state index contributed by atoms with van der Waals surface area (Å²) in [5.41, 5.74) is 5.65. The summed E-state index contributed by atoms with van der Waals surface area (Å²) < 4.78 is 27.2. The highest BCUT2D eigenvalue weighted by Crippen LogP contribution is 2.18. The van der Waals surface area contributed by atoms with E-state index in [9.17, 15) is 13.2 Å². The minimum absolute atomic E-state index is 0. The Hall–Kier alpha value is -1.15. The van der Waals surface area contributed by atoms with Gasteiger partial charge in [0.25, 0.3) is 0 Å². The molecule has 138 valence electrons. The van der Waals surface area contributed by atoms with Crippen LogP contribution >= 0.6 is 12.4 Å². The Bertz CT molecular complexity index is 655. The normalized spacial score (nSPS) is 13.3. The quantitative estimate of drug-likeness (QED) is 0.708. The molecule has 24 heavy (non-hydrogen) atoms. The maximum atomic E-state index is 12.3. The molecule has 1 amide bonds. The van der Waals surface area contributed by atoms with Crippen LogP contribution in [0.25, 0.3) is 0 Å². The molecule has 0 aliphatic rings. The number of carbonyl (C=O) groups excluding carboxylic acids is 1. The number of halogens is 1. The van der Waals surface area contributed by atoms with Crippen LogP contribution in [0.5, 0.6) is 0 Å². The molecule has 0 aliphatic carbocycles. The Morgan fingerprint density at radius 3 is 2.33 bits per heavy atom. The van der Waals surface area contributed by atoms with Gasteiger partial charge in [-0.3, -0.25) is 4.79 Å². The first-order chi connectivity index (χ1) is 10.4. The van der Waals surface area contributed by atoms with Gasteiger partial charge >= 0.3 is 0 Å². The second-order valence-electron chi connectivity index (χ2n) is 7.11. The predicted molar refractivity (Wildman–Crippen MR) is 99.8 cm³/mol. The van der Waals surface area contributed by atoms with Gasteiger partial charge in [0.15, 0.2) is 0 Å². The van der Waals surface area contributed by atoms with Gasteiger partial charge in [-0.25, -0.2) is 13.1 Å². The Morgan fingerprint density at radius 2 is 1.83 bits per heavy atom. The van der Waals surface area contributed by atoms with E-state index in [0.29, 0.717) is 18.0 Å². The molecule has 0 spiro atoms. The maximum Gasteiger partial charge on any atom is 0.241 e. The molecular weight excluding hydrogens is 350 g/mol. The average molecular weight is 378 g/mol. The van der Waals surface area contributed by atoms with Crippen molar-refractivity contribution in [3.05, 3.63) is 24.3 Å². The van der Waals surface area contributed by atoms with Gasteiger partial charge in [0.2, 0.25) is 15.9 Å². The van der Waals surface area contributed by atoms with Crippen LogP contribution in [0.1, 0.15) is 41.0 Å². The Balaban J connectivity index is 0.00000529. The molecule has 0 fully saturated rings. The van der Waals surface area contributed by atoms with Gasteiger partial charge in [-0.1, -0.05) is 19.9 Å². The SMILES string of the molecule is CC(C)C[C@H](N)C(=O)Nc1cccc(S(=O)(=O)NC(C)(C)C)c1.Cl. The minimum atomic E-state index is -3.65. The van der Waals surface area contributed by atoms with Crippen molar-refractivity contribution in [2.45, 2.75) is 57.5 Å². The van der Waals surface area contributed by atoms with E-state index in [0.717, 1.165) is 0 Å². The van der Waals surface area contributed by atoms with Crippen molar-refractivity contribution in [2.75, 3.05) is 5.32 Å². The van der Waals surface area contributed by atoms with Gasteiger partial charge in [0.1, 0.15) is 0 Å². The highest BCUT2D eigenvalue weighted by Gasteiger charge is 2.22. The lowest BCUT2D eigenvalue weighted by Gasteiger charge is -2.20. The van der Waals surface area contributed by atoms with Crippen molar-refractivity contribution in [3.8, 4) is 0 Å². The van der Waals surface area contributed by atoms with Crippen LogP contribution in [-0.4, -0.2) is 25.9 Å². The third kappa shape index (κ3) is 7.61. The lowest BCUT2D eigenvalue weighted by molar-refractivity contribution is -0.117. The topological polar surface area (TPSA) is 101 Å². The molecule has 1 atom stereocenters. The summed E-state index contributed by atoms with van der Waals surface area (Å²) in [5.74, 6) is -0.0181. The number of carbonyl (C=O) groups is 1. The third-order valence-electron chi connectivity index (χ3n) is 2.91. The Labute approximate surface area is 151 Å². The number of anilines is 1. The van der Waals surface area contributed by atoms with Gasteiger partial charge in [-0.05, 0) is 51.3 Å². The fourth-order valence-corrected chi connectivity index (χ4v) is 3.52. The van der Waals surface area contributed by atoms with Crippen LogP contribution in [0.15, 0.2) is 29.2 Å². The second kappa shape index (κ2) is 8.80. The number of rotatable bonds is 6. The molecule has 0 aliphatic heterocycles. The number of amides is 1. The monoisotopic (exact) mass is 377 g/mol. The van der Waals surface area contributed by atoms with E-state index >= 15 is 0 Å². The van der Waals surface area contributed by atoms with E-state index in [1.807, 2.05) is 13.8 Å². The summed E-state index contributed by atoms with van der Waals surface area (Å²) in [5, 5.41) is 2.67. The Kier molecular flexibility index (Phi) is 8.38. The van der Waals surface area contributed by atoms with Gasteiger partial charge in [0.05, 0.1) is 10.9 Å². The number of sulfonamides is 1. The smallest absolute Gasteiger partial charge is 0.241 e. The van der Waals surface area contributed by atoms with Crippen LogP contribution in [0.4, 0.5) is 5.69 Å². The van der Waals surface area contributed by atoms with E-state index in [2.05, 4.69) is 10.0 Å². The average Bonchev–Trinajstić information content (AvgIpc) is 2.35. The standard InChI is InChI=1S/C16H27N3O3S.ClH/c1-11(2)9-14(17)15(20)18-12-7-6-8-13(10-12)23(21,22)19-16(3,4)5;/h6-8,10-11,14,19H,9,17H2,1-5H3,(H,18,20);1H/t14-;/m0./s1. The van der Waals surface area contributed by atoms with Crippen molar-refractivity contribution in [2.24, 2.45) is 11.7 Å². The molecule has 0 radical (unpaired) electrons. The van der Waals surface area contributed by atoms with E-state index in [1.165, 1.54) is 12.1 Å². The number of nitrogens with two attached hydrogens (primary N) is 1. The second-order valence-corrected chi connectivity index (χ2v) is 8.79. The summed E-state index contributed by atoms with van der Waals surface area (Å²) >= 11 is 0. The molecule has 1 rings (SSSR count). The lowest BCUT2D eigenvalue weighted by atomic mass is 10.0. The van der Waals surface area contributed by atoms with Gasteiger partial charge in [-0.2, -0.15) is 0 Å². The largest absolute Gasteiger partial charge is 0.325 e. The molecule has 0 heterocycles. The maximum absolute atomic E-state index is 12.3. The molecule has 1 aromatic carbocycles. The first-order valence-electron chi connectivity index (χ1n) is 7.61. The molecule has 0 unspecified atom stereocenters. The van der Waals surface area contributed by atoms with Crippen LogP contribution in [0.3, 0.4) is 0 Å². The van der Waals surface area contributed by atoms with Gasteiger partial charge < -0.3 is 11.1 Å². The van der Waals surface area contributed by atoms with Crippen LogP contribution in [0, 0.1) is 5.92 Å². The molecule has 4 N–H and O–H groups in total. The summed E-state index contributed by atoms with van der Waals surface area (Å²) in [6.07, 6.45) is 0.565. The fraction of sp³-hybridized carbons (Fsp3) is 0.562. The van der Waals surface area contributed by atoms with Crippen molar-refractivity contribution < 1.29 is 13.2 Å². The molecule has 0 saturated carbocycles. The van der Waals surface area contributed by atoms with Crippen molar-refractivity contribution in [3.63, 3.8) is 0 Å². The van der Waals surface area contributed by atoms with Crippen molar-refractivity contribution in [1.82, 2.24) is 4.72 Å². The summed E-state index contributed by atoms with van der Waals surface area (Å²) in [6, 6.07) is 5.51. The zero-order valence-corrected chi connectivity index (χ0v) is 16.4. The summed E-state index contributed by atoms with van der Waals surface area (Å²) in [7, 11) is -3.65. The van der Waals surface area contributed by atoms with Crippen LogP contribution < -0.4 is 15.8 Å². The van der Waals surface area contributed by atoms with Gasteiger partial charge in [-0.15, -0.1) is 12.4 Å². The summed E-state index contributed by atoms with van der Waals surface area (Å²) in [6.45, 7) is 9.26. The first-order valence-corrected chi connectivity index (χ1v) is 9.09. The Morgan fingerprint density at radius 1 is 1.25 bits per heavy atom. The first kappa shape index (κ1) is 22.9. The molecule has 0 bridgehead atoms. The molecule has 8 heteroatoms. The third-order valence-corrected chi connectivity index (χ3v) is 4.67. The van der Waals surface area contributed by atoms with E-state index in [4.69, 9.17) is 5.73 Å². The van der Waals surface area contributed by atoms with Crippen LogP contribution in [-0.2, 0) is 14.8 Å². The number of nitrogens with one attached hydrogen (secondary N) is 2. The van der Waals surface area contributed by atoms with Crippen LogP contribution in [0.2, 0.25) is 0 Å². The molecule has 0 aromatic heterocycles. The summed E-state index contributed by atoms with van der Waals surface area (Å²) in [4.78, 5) is 12.1. The highest BCUT2D eigenvalue weighted by molar-refractivity contribution is 7.89. The van der Waals surface area contributed by atoms with E-state index in [-0.39, 0.29) is 23.2 Å². The van der Waals surface area contributed by atoms with E-state index in [1.54, 1.807) is 32.9 Å². The molecule has 0 saturated heterocycles. The minimum Gasteiger partial charge on any atom is -0.325 e. The molecule has 1 aromatic rings. The number of benzene rings is 1. The molecule has 6 nitrogen and oxygen atoms in total. The van der Waals surface area contributed by atoms with E-state index < -0.39 is 21.6 Å². The zero-order valence-electron chi connectivity index (χ0n) is 14.8. The van der Waals surface area contributed by atoms with Crippen molar-refractivity contribution >= 4 is 34.0 Å². The van der Waals surface area contributed by atoms with Gasteiger partial charge in [0, 0.05) is 11.2 Å². The predicted octanol–water partition coefficient (Wildman–Crippen LogP) is 2.50. The fourth-order valence-electron chi connectivity index (χ4n) is 2.05. The van der Waals surface area contributed by atoms with Crippen molar-refractivity contribution in [1.29, 1.82) is 0 Å². The lowest BCUT2D eigenvalue weighted by Crippen LogP contribution is -2.40. The highest BCUT2D eigenvalue weighted by atomic mass is 35.5. The number of hydrogen-bond donors (Lipinski definition) is 3.